The van der Waals surface area contributed by atoms with E-state index in [2.05, 4.69) is 5.10 Å². The molecule has 0 unspecified atom stereocenters. The molecule has 0 saturated heterocycles. The van der Waals surface area contributed by atoms with E-state index in [1.165, 1.54) is 0 Å². The summed E-state index contributed by atoms with van der Waals surface area (Å²) in [4.78, 5) is 23.9. The number of hydrogen-bond donors (Lipinski definition) is 1. The van der Waals surface area contributed by atoms with Crippen LogP contribution >= 0.6 is 11.6 Å². The smallest absolute Gasteiger partial charge is 0.357 e. The Morgan fingerprint density at radius 1 is 1.20 bits per heavy atom. The minimum atomic E-state index is -1.19. The van der Waals surface area contributed by atoms with Crippen LogP contribution in [-0.2, 0) is 6.54 Å². The van der Waals surface area contributed by atoms with Crippen molar-refractivity contribution in [3.8, 4) is 5.75 Å². The normalized spacial score (nSPS) is 10.8. The van der Waals surface area contributed by atoms with Crippen molar-refractivity contribution in [1.82, 2.24) is 9.78 Å². The standard InChI is InChI=1S/C18H15ClN2O4/c1-11-5-4-8-14(19)16(11)25-10-9-21-17(22)13-7-3-2-6-12(13)15(20-21)18(23)24/h2-8H,9-10H2,1H3,(H,23,24). The summed E-state index contributed by atoms with van der Waals surface area (Å²) in [5.41, 5.74) is 0.349. The van der Waals surface area contributed by atoms with Gasteiger partial charge in [0.15, 0.2) is 5.69 Å². The van der Waals surface area contributed by atoms with Gasteiger partial charge in [0.25, 0.3) is 5.56 Å². The van der Waals surface area contributed by atoms with Gasteiger partial charge >= 0.3 is 5.97 Å². The lowest BCUT2D eigenvalue weighted by Gasteiger charge is -2.12. The first kappa shape index (κ1) is 17.0. The molecule has 0 bridgehead atoms. The maximum atomic E-state index is 12.5. The van der Waals surface area contributed by atoms with Crippen molar-refractivity contribution in [3.63, 3.8) is 0 Å². The van der Waals surface area contributed by atoms with Crippen molar-refractivity contribution in [1.29, 1.82) is 0 Å². The number of carbonyl (C=O) groups is 1. The molecule has 0 spiro atoms. The molecular formula is C18H15ClN2O4. The highest BCUT2D eigenvalue weighted by atomic mass is 35.5. The number of aryl methyl sites for hydroxylation is 1. The van der Waals surface area contributed by atoms with E-state index in [1.54, 1.807) is 30.3 Å². The molecule has 2 aromatic carbocycles. The number of aromatic carboxylic acids is 1. The molecule has 0 radical (unpaired) electrons. The fourth-order valence-electron chi connectivity index (χ4n) is 2.58. The number of carboxylic acids is 1. The first-order valence-corrected chi connectivity index (χ1v) is 7.98. The zero-order valence-electron chi connectivity index (χ0n) is 13.4. The number of ether oxygens (including phenoxy) is 1. The molecule has 6 nitrogen and oxygen atoms in total. The number of hydrogen-bond acceptors (Lipinski definition) is 4. The maximum Gasteiger partial charge on any atom is 0.357 e. The lowest BCUT2D eigenvalue weighted by atomic mass is 10.1. The van der Waals surface area contributed by atoms with Gasteiger partial charge in [0.05, 0.1) is 17.0 Å². The van der Waals surface area contributed by atoms with E-state index >= 15 is 0 Å². The minimum absolute atomic E-state index is 0.106. The van der Waals surface area contributed by atoms with Gasteiger partial charge in [-0.05, 0) is 24.6 Å². The molecule has 0 atom stereocenters. The Labute approximate surface area is 148 Å². The third kappa shape index (κ3) is 3.34. The Morgan fingerprint density at radius 2 is 1.92 bits per heavy atom. The minimum Gasteiger partial charge on any atom is -0.490 e. The van der Waals surface area contributed by atoms with Crippen molar-refractivity contribution in [3.05, 3.63) is 69.1 Å². The van der Waals surface area contributed by atoms with Crippen LogP contribution in [-0.4, -0.2) is 27.5 Å². The molecule has 3 rings (SSSR count). The van der Waals surface area contributed by atoms with Gasteiger partial charge in [-0.25, -0.2) is 9.48 Å². The van der Waals surface area contributed by atoms with E-state index in [1.807, 2.05) is 19.1 Å². The van der Waals surface area contributed by atoms with Crippen molar-refractivity contribution in [2.45, 2.75) is 13.5 Å². The van der Waals surface area contributed by atoms with Crippen LogP contribution in [0.3, 0.4) is 0 Å². The predicted molar refractivity (Wildman–Crippen MR) is 94.6 cm³/mol. The fourth-order valence-corrected chi connectivity index (χ4v) is 2.85. The maximum absolute atomic E-state index is 12.5. The van der Waals surface area contributed by atoms with Gasteiger partial charge in [-0.15, -0.1) is 0 Å². The second kappa shape index (κ2) is 6.94. The first-order valence-electron chi connectivity index (χ1n) is 7.60. The molecule has 0 saturated carbocycles. The summed E-state index contributed by atoms with van der Waals surface area (Å²) in [6.07, 6.45) is 0. The third-order valence-corrected chi connectivity index (χ3v) is 4.08. The van der Waals surface area contributed by atoms with Crippen molar-refractivity contribution >= 4 is 28.3 Å². The van der Waals surface area contributed by atoms with E-state index < -0.39 is 5.97 Å². The zero-order valence-corrected chi connectivity index (χ0v) is 14.2. The third-order valence-electron chi connectivity index (χ3n) is 3.78. The van der Waals surface area contributed by atoms with Crippen LogP contribution in [0.25, 0.3) is 10.8 Å². The summed E-state index contributed by atoms with van der Waals surface area (Å²) in [6, 6.07) is 11.9. The summed E-state index contributed by atoms with van der Waals surface area (Å²) in [5.74, 6) is -0.649. The average molecular weight is 359 g/mol. The fraction of sp³-hybridized carbons (Fsp3) is 0.167. The molecule has 1 aromatic heterocycles. The van der Waals surface area contributed by atoms with Crippen LogP contribution in [0.15, 0.2) is 47.3 Å². The SMILES string of the molecule is Cc1cccc(Cl)c1OCCn1nc(C(=O)O)c2ccccc2c1=O. The summed E-state index contributed by atoms with van der Waals surface area (Å²) < 4.78 is 6.77. The van der Waals surface area contributed by atoms with Crippen LogP contribution < -0.4 is 10.3 Å². The molecule has 1 N–H and O–H groups in total. The summed E-state index contributed by atoms with van der Waals surface area (Å²) in [6.45, 7) is 2.10. The average Bonchev–Trinajstić information content (AvgIpc) is 2.59. The quantitative estimate of drug-likeness (QED) is 0.757. The number of fused-ring (bicyclic) bond motifs is 1. The molecule has 128 valence electrons. The second-order valence-electron chi connectivity index (χ2n) is 5.46. The van der Waals surface area contributed by atoms with Gasteiger partial charge in [-0.2, -0.15) is 5.10 Å². The predicted octanol–water partition coefficient (Wildman–Crippen LogP) is 3.14. The Bertz CT molecular complexity index is 993. The van der Waals surface area contributed by atoms with Crippen molar-refractivity contribution in [2.75, 3.05) is 6.61 Å². The Kier molecular flexibility index (Phi) is 4.72. The van der Waals surface area contributed by atoms with Crippen LogP contribution in [0.5, 0.6) is 5.75 Å². The van der Waals surface area contributed by atoms with E-state index in [4.69, 9.17) is 16.3 Å². The molecule has 7 heteroatoms. The molecule has 0 aliphatic rings. The molecule has 3 aromatic rings. The van der Waals surface area contributed by atoms with E-state index in [0.717, 1.165) is 10.2 Å². The topological polar surface area (TPSA) is 81.4 Å². The van der Waals surface area contributed by atoms with Crippen molar-refractivity contribution < 1.29 is 14.6 Å². The summed E-state index contributed by atoms with van der Waals surface area (Å²) in [7, 11) is 0. The summed E-state index contributed by atoms with van der Waals surface area (Å²) >= 11 is 6.10. The molecule has 0 aliphatic heterocycles. The number of para-hydroxylation sites is 1. The molecule has 1 heterocycles. The monoisotopic (exact) mass is 358 g/mol. The van der Waals surface area contributed by atoms with Crippen LogP contribution in [0.2, 0.25) is 5.02 Å². The van der Waals surface area contributed by atoms with Gasteiger partial charge < -0.3 is 9.84 Å². The molecule has 25 heavy (non-hydrogen) atoms. The zero-order chi connectivity index (χ0) is 18.0. The number of aromatic nitrogens is 2. The van der Waals surface area contributed by atoms with Crippen LogP contribution in [0, 0.1) is 6.92 Å². The highest BCUT2D eigenvalue weighted by Crippen LogP contribution is 2.27. The summed E-state index contributed by atoms with van der Waals surface area (Å²) in [5, 5.41) is 14.4. The lowest BCUT2D eigenvalue weighted by Crippen LogP contribution is -2.28. The highest BCUT2D eigenvalue weighted by molar-refractivity contribution is 6.32. The number of nitrogens with zero attached hydrogens (tertiary/aromatic N) is 2. The van der Waals surface area contributed by atoms with Gasteiger partial charge in [-0.1, -0.05) is 41.9 Å². The largest absolute Gasteiger partial charge is 0.490 e. The van der Waals surface area contributed by atoms with Crippen LogP contribution in [0.1, 0.15) is 16.1 Å². The lowest BCUT2D eigenvalue weighted by molar-refractivity contribution is 0.0689. The van der Waals surface area contributed by atoms with Gasteiger partial charge in [-0.3, -0.25) is 4.79 Å². The first-order chi connectivity index (χ1) is 12.0. The van der Waals surface area contributed by atoms with Crippen LogP contribution in [0.4, 0.5) is 0 Å². The van der Waals surface area contributed by atoms with E-state index in [-0.39, 0.29) is 24.4 Å². The number of carboxylic acid groups (broad SMARTS) is 1. The molecule has 0 fully saturated rings. The van der Waals surface area contributed by atoms with E-state index in [9.17, 15) is 14.7 Å². The Morgan fingerprint density at radius 3 is 2.60 bits per heavy atom. The number of halogens is 1. The second-order valence-corrected chi connectivity index (χ2v) is 5.87. The van der Waals surface area contributed by atoms with E-state index in [0.29, 0.717) is 21.5 Å². The van der Waals surface area contributed by atoms with Gasteiger partial charge in [0.1, 0.15) is 12.4 Å². The Hall–Kier alpha value is -2.86. The van der Waals surface area contributed by atoms with Gasteiger partial charge in [0.2, 0.25) is 0 Å². The molecule has 0 amide bonds. The number of benzene rings is 2. The van der Waals surface area contributed by atoms with Gasteiger partial charge in [0, 0.05) is 5.39 Å². The molecule has 0 aliphatic carbocycles. The molecular weight excluding hydrogens is 344 g/mol. The highest BCUT2D eigenvalue weighted by Gasteiger charge is 2.15. The van der Waals surface area contributed by atoms with Crippen molar-refractivity contribution in [2.24, 2.45) is 0 Å². The number of rotatable bonds is 5. The Balaban J connectivity index is 1.90.